The molecule has 0 aliphatic rings. The number of hydrogen-bond donors (Lipinski definition) is 1. The first-order valence-corrected chi connectivity index (χ1v) is 11.3. The monoisotopic (exact) mass is 464 g/mol. The molecule has 6 nitrogen and oxygen atoms in total. The number of carbonyl (C=O) groups excluding carboxylic acids is 1. The number of amides is 1. The van der Waals surface area contributed by atoms with Crippen molar-refractivity contribution >= 4 is 35.0 Å². The number of rotatable bonds is 8. The van der Waals surface area contributed by atoms with E-state index in [1.54, 1.807) is 0 Å². The molecule has 0 unspecified atom stereocenters. The summed E-state index contributed by atoms with van der Waals surface area (Å²) in [6.45, 7) is 0.497. The summed E-state index contributed by atoms with van der Waals surface area (Å²) in [5, 5.41) is 12.5. The summed E-state index contributed by atoms with van der Waals surface area (Å²) in [6, 6.07) is 24.7. The molecule has 3 aromatic carbocycles. The molecule has 0 saturated heterocycles. The lowest BCUT2D eigenvalue weighted by atomic mass is 10.2. The maximum Gasteiger partial charge on any atom is 0.234 e. The van der Waals surface area contributed by atoms with E-state index >= 15 is 0 Å². The van der Waals surface area contributed by atoms with Crippen LogP contribution in [-0.4, -0.2) is 26.4 Å². The smallest absolute Gasteiger partial charge is 0.234 e. The van der Waals surface area contributed by atoms with Crippen molar-refractivity contribution in [3.8, 4) is 17.1 Å². The van der Waals surface area contributed by atoms with Crippen LogP contribution in [0.5, 0.6) is 5.75 Å². The van der Waals surface area contributed by atoms with Crippen LogP contribution in [-0.2, 0) is 18.4 Å². The molecule has 0 bridgehead atoms. The number of nitrogens with one attached hydrogen (secondary N) is 1. The summed E-state index contributed by atoms with van der Waals surface area (Å²) in [6.07, 6.45) is 0. The van der Waals surface area contributed by atoms with Crippen molar-refractivity contribution in [2.45, 2.75) is 11.8 Å². The minimum Gasteiger partial charge on any atom is -0.489 e. The molecule has 162 valence electrons. The summed E-state index contributed by atoms with van der Waals surface area (Å²) >= 11 is 7.57. The quantitative estimate of drug-likeness (QED) is 0.351. The van der Waals surface area contributed by atoms with E-state index in [9.17, 15) is 4.79 Å². The third kappa shape index (κ3) is 5.49. The van der Waals surface area contributed by atoms with Gasteiger partial charge in [0.15, 0.2) is 11.0 Å². The van der Waals surface area contributed by atoms with Crippen molar-refractivity contribution in [1.29, 1.82) is 0 Å². The van der Waals surface area contributed by atoms with Crippen LogP contribution < -0.4 is 10.1 Å². The summed E-state index contributed by atoms with van der Waals surface area (Å²) in [7, 11) is 1.85. The molecule has 8 heteroatoms. The van der Waals surface area contributed by atoms with Gasteiger partial charge in [0.05, 0.1) is 10.8 Å². The van der Waals surface area contributed by atoms with Crippen molar-refractivity contribution in [2.75, 3.05) is 11.1 Å². The van der Waals surface area contributed by atoms with Gasteiger partial charge in [0.1, 0.15) is 12.4 Å². The second-order valence-electron chi connectivity index (χ2n) is 6.98. The van der Waals surface area contributed by atoms with Gasteiger partial charge in [-0.1, -0.05) is 65.8 Å². The first-order valence-electron chi connectivity index (χ1n) is 9.94. The fourth-order valence-corrected chi connectivity index (χ4v) is 3.95. The Kier molecular flexibility index (Phi) is 7.09. The van der Waals surface area contributed by atoms with E-state index in [-0.39, 0.29) is 11.7 Å². The lowest BCUT2D eigenvalue weighted by Gasteiger charge is -2.09. The van der Waals surface area contributed by atoms with Crippen molar-refractivity contribution in [2.24, 2.45) is 7.05 Å². The van der Waals surface area contributed by atoms with Gasteiger partial charge in [0, 0.05) is 18.3 Å². The molecular weight excluding hydrogens is 444 g/mol. The Morgan fingerprint density at radius 3 is 2.47 bits per heavy atom. The predicted molar refractivity (Wildman–Crippen MR) is 128 cm³/mol. The van der Waals surface area contributed by atoms with Crippen molar-refractivity contribution in [1.82, 2.24) is 14.8 Å². The molecule has 0 saturated carbocycles. The molecule has 0 aliphatic heterocycles. The molecule has 0 spiro atoms. The van der Waals surface area contributed by atoms with Crippen LogP contribution in [0.3, 0.4) is 0 Å². The Balaban J connectivity index is 1.29. The normalized spacial score (nSPS) is 10.7. The summed E-state index contributed by atoms with van der Waals surface area (Å²) in [4.78, 5) is 12.4. The zero-order valence-corrected chi connectivity index (χ0v) is 18.9. The van der Waals surface area contributed by atoms with Gasteiger partial charge in [-0.15, -0.1) is 10.2 Å². The number of halogens is 1. The lowest BCUT2D eigenvalue weighted by molar-refractivity contribution is -0.113. The maximum absolute atomic E-state index is 12.4. The van der Waals surface area contributed by atoms with Gasteiger partial charge in [-0.25, -0.2) is 0 Å². The molecule has 1 aromatic heterocycles. The number of thioether (sulfide) groups is 1. The van der Waals surface area contributed by atoms with Gasteiger partial charge in [-0.05, 0) is 42.0 Å². The molecule has 0 aliphatic carbocycles. The molecule has 0 fully saturated rings. The lowest BCUT2D eigenvalue weighted by Crippen LogP contribution is -2.14. The van der Waals surface area contributed by atoms with Crippen LogP contribution in [0.4, 0.5) is 5.69 Å². The van der Waals surface area contributed by atoms with Gasteiger partial charge in [-0.3, -0.25) is 4.79 Å². The van der Waals surface area contributed by atoms with Gasteiger partial charge < -0.3 is 14.6 Å². The number of ether oxygens (including phenoxy) is 1. The van der Waals surface area contributed by atoms with E-state index in [0.717, 1.165) is 16.9 Å². The van der Waals surface area contributed by atoms with Crippen molar-refractivity contribution in [3.63, 3.8) is 0 Å². The van der Waals surface area contributed by atoms with E-state index < -0.39 is 0 Å². The van der Waals surface area contributed by atoms with E-state index in [4.69, 9.17) is 16.3 Å². The molecule has 32 heavy (non-hydrogen) atoms. The molecule has 4 aromatic rings. The highest BCUT2D eigenvalue weighted by molar-refractivity contribution is 7.99. The van der Waals surface area contributed by atoms with Gasteiger partial charge >= 0.3 is 0 Å². The van der Waals surface area contributed by atoms with Crippen LogP contribution in [0, 0.1) is 0 Å². The predicted octanol–water partition coefficient (Wildman–Crippen LogP) is 5.45. The van der Waals surface area contributed by atoms with Crippen molar-refractivity contribution in [3.05, 3.63) is 89.4 Å². The third-order valence-corrected chi connectivity index (χ3v) is 6.02. The highest BCUT2D eigenvalue weighted by Gasteiger charge is 2.15. The van der Waals surface area contributed by atoms with Gasteiger partial charge in [-0.2, -0.15) is 0 Å². The third-order valence-electron chi connectivity index (χ3n) is 4.67. The van der Waals surface area contributed by atoms with Crippen LogP contribution in [0.25, 0.3) is 11.4 Å². The zero-order valence-electron chi connectivity index (χ0n) is 17.4. The highest BCUT2D eigenvalue weighted by atomic mass is 35.5. The van der Waals surface area contributed by atoms with Gasteiger partial charge in [0.2, 0.25) is 5.91 Å². The van der Waals surface area contributed by atoms with Gasteiger partial charge in [0.25, 0.3) is 0 Å². The Hall–Kier alpha value is -3.29. The number of anilines is 1. The zero-order chi connectivity index (χ0) is 22.3. The standard InChI is InChI=1S/C24H21ClN4O2S/c1-29-23(20-9-5-6-10-21(20)25)27-28-24(29)32-16-22(30)26-18-11-13-19(14-12-18)31-15-17-7-3-2-4-8-17/h2-14H,15-16H2,1H3,(H,26,30). The average Bonchev–Trinajstić information content (AvgIpc) is 3.18. The molecule has 4 rings (SSSR count). The number of benzene rings is 3. The summed E-state index contributed by atoms with van der Waals surface area (Å²) in [5.41, 5.74) is 2.61. The van der Waals surface area contributed by atoms with E-state index in [0.29, 0.717) is 28.3 Å². The van der Waals surface area contributed by atoms with E-state index in [1.807, 2.05) is 90.5 Å². The maximum atomic E-state index is 12.4. The number of carbonyl (C=O) groups is 1. The second-order valence-corrected chi connectivity index (χ2v) is 8.33. The highest BCUT2D eigenvalue weighted by Crippen LogP contribution is 2.28. The first kappa shape index (κ1) is 21.9. The van der Waals surface area contributed by atoms with Crippen LogP contribution in [0.1, 0.15) is 5.56 Å². The number of hydrogen-bond acceptors (Lipinski definition) is 5. The largest absolute Gasteiger partial charge is 0.489 e. The molecule has 0 radical (unpaired) electrons. The molecule has 1 N–H and O–H groups in total. The molecule has 1 amide bonds. The topological polar surface area (TPSA) is 69.0 Å². The number of aromatic nitrogens is 3. The molecule has 0 atom stereocenters. The van der Waals surface area contributed by atoms with Crippen LogP contribution in [0.15, 0.2) is 84.0 Å². The summed E-state index contributed by atoms with van der Waals surface area (Å²) in [5.74, 6) is 1.48. The Morgan fingerprint density at radius 1 is 1.00 bits per heavy atom. The van der Waals surface area contributed by atoms with Crippen molar-refractivity contribution < 1.29 is 9.53 Å². The number of nitrogens with zero attached hydrogens (tertiary/aromatic N) is 3. The average molecular weight is 465 g/mol. The first-order chi connectivity index (χ1) is 15.6. The van der Waals surface area contributed by atoms with E-state index in [1.165, 1.54) is 11.8 Å². The molecule has 1 heterocycles. The molecular formula is C24H21ClN4O2S. The van der Waals surface area contributed by atoms with E-state index in [2.05, 4.69) is 15.5 Å². The Labute approximate surface area is 195 Å². The minimum atomic E-state index is -0.129. The Bertz CT molecular complexity index is 1200. The fraction of sp³-hybridized carbons (Fsp3) is 0.125. The summed E-state index contributed by atoms with van der Waals surface area (Å²) < 4.78 is 7.60. The fourth-order valence-electron chi connectivity index (χ4n) is 3.02. The second kappa shape index (κ2) is 10.3. The minimum absolute atomic E-state index is 0.129. The Morgan fingerprint density at radius 2 is 1.72 bits per heavy atom. The van der Waals surface area contributed by atoms with Crippen LogP contribution in [0.2, 0.25) is 5.02 Å². The SMILES string of the molecule is Cn1c(SCC(=O)Nc2ccc(OCc3ccccc3)cc2)nnc1-c1ccccc1Cl. The van der Waals surface area contributed by atoms with Crippen LogP contribution >= 0.6 is 23.4 Å².